The van der Waals surface area contributed by atoms with Gasteiger partial charge in [-0.1, -0.05) is 44.6 Å². The van der Waals surface area contributed by atoms with Crippen LogP contribution in [0.1, 0.15) is 26.0 Å². The summed E-state index contributed by atoms with van der Waals surface area (Å²) in [6, 6.07) is 4.13. The van der Waals surface area contributed by atoms with Gasteiger partial charge in [0.05, 0.1) is 0 Å². The van der Waals surface area contributed by atoms with Gasteiger partial charge >= 0.3 is 0 Å². The fraction of sp³-hybridized carbons (Fsp3) is 0.385. The highest BCUT2D eigenvalue weighted by molar-refractivity contribution is 5.11. The van der Waals surface area contributed by atoms with Crippen LogP contribution in [0.15, 0.2) is 42.6 Å². The number of hydrogen-bond acceptors (Lipinski definition) is 0. The lowest BCUT2D eigenvalue weighted by molar-refractivity contribution is 0.698. The third-order valence-electron chi connectivity index (χ3n) is 2.33. The van der Waals surface area contributed by atoms with E-state index in [2.05, 4.69) is 49.2 Å². The number of allylic oxidation sites excluding steroid dienone is 4. The first-order chi connectivity index (χ1) is 6.83. The Bertz CT molecular complexity index is 280. The summed E-state index contributed by atoms with van der Waals surface area (Å²) in [5.74, 6) is 0.685. The molecule has 0 aliphatic rings. The molecule has 1 rings (SSSR count). The van der Waals surface area contributed by atoms with Crippen molar-refractivity contribution in [3.8, 4) is 0 Å². The van der Waals surface area contributed by atoms with Crippen molar-refractivity contribution in [3.05, 3.63) is 48.3 Å². The maximum absolute atomic E-state index is 3.17. The summed E-state index contributed by atoms with van der Waals surface area (Å²) < 4.78 is 0. The number of nitrogens with one attached hydrogen (secondary N) is 1. The van der Waals surface area contributed by atoms with Crippen LogP contribution in [0.4, 0.5) is 0 Å². The van der Waals surface area contributed by atoms with Gasteiger partial charge in [-0.15, -0.1) is 0 Å². The van der Waals surface area contributed by atoms with E-state index in [-0.39, 0.29) is 0 Å². The Morgan fingerprint density at radius 2 is 2.29 bits per heavy atom. The van der Waals surface area contributed by atoms with E-state index in [1.165, 1.54) is 12.1 Å². The lowest BCUT2D eigenvalue weighted by Crippen LogP contribution is -1.83. The Morgan fingerprint density at radius 1 is 1.43 bits per heavy atom. The topological polar surface area (TPSA) is 15.8 Å². The van der Waals surface area contributed by atoms with Gasteiger partial charge in [-0.3, -0.25) is 0 Å². The molecule has 1 heteroatoms. The minimum Gasteiger partial charge on any atom is -0.365 e. The molecule has 1 unspecified atom stereocenters. The number of aromatic nitrogens is 1. The van der Waals surface area contributed by atoms with E-state index >= 15 is 0 Å². The van der Waals surface area contributed by atoms with E-state index in [0.717, 1.165) is 6.42 Å². The second kappa shape index (κ2) is 6.25. The Hall–Kier alpha value is -1.24. The standard InChI is InChI=1S/C13H19N/c1-3-12(2)8-5-4-6-9-13-10-7-11-14-13/h4-8,10-12,14H,3,9H2,1-2H3. The zero-order valence-electron chi connectivity index (χ0n) is 9.03. The normalized spacial score (nSPS) is 14.1. The SMILES string of the molecule is CCC(C)C=CC=CCc1ccc[nH]1. The van der Waals surface area contributed by atoms with E-state index in [1.807, 2.05) is 12.3 Å². The summed E-state index contributed by atoms with van der Waals surface area (Å²) in [7, 11) is 0. The summed E-state index contributed by atoms with van der Waals surface area (Å²) in [6.45, 7) is 4.44. The first-order valence-electron chi connectivity index (χ1n) is 5.28. The largest absolute Gasteiger partial charge is 0.365 e. The molecule has 0 aliphatic heterocycles. The lowest BCUT2D eigenvalue weighted by Gasteiger charge is -1.96. The van der Waals surface area contributed by atoms with Crippen LogP contribution in [0, 0.1) is 5.92 Å². The molecule has 0 spiro atoms. The van der Waals surface area contributed by atoms with E-state index in [9.17, 15) is 0 Å². The Balaban J connectivity index is 2.25. The van der Waals surface area contributed by atoms with Crippen molar-refractivity contribution >= 4 is 0 Å². The third-order valence-corrected chi connectivity index (χ3v) is 2.33. The Kier molecular flexibility index (Phi) is 4.84. The summed E-state index contributed by atoms with van der Waals surface area (Å²) in [5.41, 5.74) is 1.26. The van der Waals surface area contributed by atoms with Crippen LogP contribution in [0.5, 0.6) is 0 Å². The van der Waals surface area contributed by atoms with Crippen LogP contribution in [0.2, 0.25) is 0 Å². The van der Waals surface area contributed by atoms with Crippen molar-refractivity contribution in [1.82, 2.24) is 4.98 Å². The maximum Gasteiger partial charge on any atom is 0.0185 e. The van der Waals surface area contributed by atoms with Crippen molar-refractivity contribution in [2.75, 3.05) is 0 Å². The van der Waals surface area contributed by atoms with Gasteiger partial charge in [0.1, 0.15) is 0 Å². The average Bonchev–Trinajstić information content (AvgIpc) is 2.69. The van der Waals surface area contributed by atoms with Crippen LogP contribution in [0.3, 0.4) is 0 Å². The molecule has 0 bridgehead atoms. The van der Waals surface area contributed by atoms with Gasteiger partial charge in [-0.05, 0) is 18.1 Å². The highest BCUT2D eigenvalue weighted by Crippen LogP contribution is 2.02. The molecule has 0 saturated carbocycles. The highest BCUT2D eigenvalue weighted by Gasteiger charge is 1.88. The van der Waals surface area contributed by atoms with E-state index in [4.69, 9.17) is 0 Å². The molecular weight excluding hydrogens is 170 g/mol. The van der Waals surface area contributed by atoms with Crippen molar-refractivity contribution in [2.45, 2.75) is 26.7 Å². The van der Waals surface area contributed by atoms with Crippen molar-refractivity contribution in [3.63, 3.8) is 0 Å². The van der Waals surface area contributed by atoms with E-state index in [1.54, 1.807) is 0 Å². The number of H-pyrrole nitrogens is 1. The van der Waals surface area contributed by atoms with Gasteiger partial charge in [0, 0.05) is 18.3 Å². The molecule has 14 heavy (non-hydrogen) atoms. The molecule has 0 aliphatic carbocycles. The fourth-order valence-corrected chi connectivity index (χ4v) is 1.16. The summed E-state index contributed by atoms with van der Waals surface area (Å²) in [6.07, 6.45) is 12.8. The monoisotopic (exact) mass is 189 g/mol. The molecule has 1 N–H and O–H groups in total. The molecule has 1 heterocycles. The summed E-state index contributed by atoms with van der Waals surface area (Å²) >= 11 is 0. The van der Waals surface area contributed by atoms with Gasteiger partial charge in [0.2, 0.25) is 0 Å². The minimum atomic E-state index is 0.685. The molecule has 1 nitrogen and oxygen atoms in total. The van der Waals surface area contributed by atoms with Crippen molar-refractivity contribution in [1.29, 1.82) is 0 Å². The lowest BCUT2D eigenvalue weighted by atomic mass is 10.1. The molecule has 0 radical (unpaired) electrons. The molecule has 0 saturated heterocycles. The predicted molar refractivity (Wildman–Crippen MR) is 62.2 cm³/mol. The third kappa shape index (κ3) is 4.13. The van der Waals surface area contributed by atoms with E-state index in [0.29, 0.717) is 5.92 Å². The second-order valence-corrected chi connectivity index (χ2v) is 3.60. The fourth-order valence-electron chi connectivity index (χ4n) is 1.16. The first kappa shape index (κ1) is 10.8. The van der Waals surface area contributed by atoms with Gasteiger partial charge in [-0.25, -0.2) is 0 Å². The van der Waals surface area contributed by atoms with Crippen molar-refractivity contribution in [2.24, 2.45) is 5.92 Å². The Labute approximate surface area is 86.5 Å². The molecule has 1 atom stereocenters. The molecule has 0 amide bonds. The molecule has 0 fully saturated rings. The molecule has 1 aromatic heterocycles. The van der Waals surface area contributed by atoms with E-state index < -0.39 is 0 Å². The Morgan fingerprint density at radius 3 is 2.93 bits per heavy atom. The first-order valence-corrected chi connectivity index (χ1v) is 5.28. The van der Waals surface area contributed by atoms with Gasteiger partial charge in [0.15, 0.2) is 0 Å². The highest BCUT2D eigenvalue weighted by atomic mass is 14.7. The van der Waals surface area contributed by atoms with Gasteiger partial charge in [0.25, 0.3) is 0 Å². The smallest absolute Gasteiger partial charge is 0.0185 e. The predicted octanol–water partition coefficient (Wildman–Crippen LogP) is 3.72. The molecule has 0 aromatic carbocycles. The zero-order chi connectivity index (χ0) is 10.2. The molecule has 1 aromatic rings. The second-order valence-electron chi connectivity index (χ2n) is 3.60. The quantitative estimate of drug-likeness (QED) is 0.679. The summed E-state index contributed by atoms with van der Waals surface area (Å²) in [5, 5.41) is 0. The maximum atomic E-state index is 3.17. The van der Waals surface area contributed by atoms with Crippen LogP contribution >= 0.6 is 0 Å². The van der Waals surface area contributed by atoms with Crippen LogP contribution in [-0.4, -0.2) is 4.98 Å². The minimum absolute atomic E-state index is 0.685. The number of hydrogen-bond donors (Lipinski definition) is 1. The van der Waals surface area contributed by atoms with Crippen LogP contribution < -0.4 is 0 Å². The average molecular weight is 189 g/mol. The van der Waals surface area contributed by atoms with Crippen LogP contribution in [-0.2, 0) is 6.42 Å². The number of aromatic amines is 1. The van der Waals surface area contributed by atoms with Crippen LogP contribution in [0.25, 0.3) is 0 Å². The van der Waals surface area contributed by atoms with Gasteiger partial charge in [-0.2, -0.15) is 0 Å². The van der Waals surface area contributed by atoms with Gasteiger partial charge < -0.3 is 4.98 Å². The zero-order valence-corrected chi connectivity index (χ0v) is 9.03. The molecule has 76 valence electrons. The van der Waals surface area contributed by atoms with Crippen molar-refractivity contribution < 1.29 is 0 Å². The number of rotatable bonds is 5. The molecular formula is C13H19N. The summed E-state index contributed by atoms with van der Waals surface area (Å²) in [4.78, 5) is 3.17.